The molecule has 0 aliphatic carbocycles. The summed E-state index contributed by atoms with van der Waals surface area (Å²) in [7, 11) is 0. The zero-order chi connectivity index (χ0) is 27.1. The van der Waals surface area contributed by atoms with Crippen molar-refractivity contribution in [3.8, 4) is 0 Å². The zero-order valence-corrected chi connectivity index (χ0v) is 24.5. The highest BCUT2D eigenvalue weighted by molar-refractivity contribution is 14.1. The van der Waals surface area contributed by atoms with Crippen LogP contribution in [0.3, 0.4) is 0 Å². The van der Waals surface area contributed by atoms with Crippen molar-refractivity contribution >= 4 is 62.1 Å². The summed E-state index contributed by atoms with van der Waals surface area (Å²) < 4.78 is 1.22. The van der Waals surface area contributed by atoms with Gasteiger partial charge in [0.1, 0.15) is 0 Å². The topological polar surface area (TPSA) is 104 Å². The molecular weight excluding hydrogens is 643 g/mol. The van der Waals surface area contributed by atoms with Gasteiger partial charge in [0, 0.05) is 5.33 Å². The Kier molecular flexibility index (Phi) is 15.3. The van der Waals surface area contributed by atoms with Crippen molar-refractivity contribution in [1.82, 2.24) is 10.1 Å². The molecule has 0 saturated carbocycles. The molecule has 2 aliphatic rings. The third-order valence-corrected chi connectivity index (χ3v) is 5.30. The molecule has 10 heteroatoms. The Balaban J connectivity index is 0.000000285. The Labute approximate surface area is 234 Å². The maximum atomic E-state index is 11.8. The maximum absolute atomic E-state index is 11.8. The van der Waals surface area contributed by atoms with Crippen molar-refractivity contribution < 1.29 is 29.2 Å². The summed E-state index contributed by atoms with van der Waals surface area (Å²) >= 11 is 5.60. The molecular formula is C26H32BrIN2O6. The van der Waals surface area contributed by atoms with Gasteiger partial charge < -0.3 is 0 Å². The van der Waals surface area contributed by atoms with Crippen LogP contribution in [-0.4, -0.2) is 55.3 Å². The number of benzene rings is 2. The summed E-state index contributed by atoms with van der Waals surface area (Å²) in [6, 6.07) is 13.0. The van der Waals surface area contributed by atoms with Gasteiger partial charge in [0.25, 0.3) is 23.6 Å². The van der Waals surface area contributed by atoms with E-state index in [0.717, 1.165) is 23.2 Å². The lowest BCUT2D eigenvalue weighted by Gasteiger charge is -2.12. The Hall–Kier alpha value is -2.15. The number of rotatable bonds is 6. The first-order valence-corrected chi connectivity index (χ1v) is 14.3. The molecule has 0 fully saturated rings. The molecule has 0 radical (unpaired) electrons. The normalized spacial score (nSPS) is 13.2. The van der Waals surface area contributed by atoms with Crippen LogP contribution in [0.25, 0.3) is 0 Å². The van der Waals surface area contributed by atoms with Gasteiger partial charge in [0.05, 0.1) is 28.9 Å². The minimum atomic E-state index is -0.657. The molecule has 36 heavy (non-hydrogen) atoms. The van der Waals surface area contributed by atoms with E-state index >= 15 is 0 Å². The van der Waals surface area contributed by atoms with E-state index in [9.17, 15) is 19.2 Å². The number of hydroxylamine groups is 4. The minimum Gasteiger partial charge on any atom is -0.278 e. The van der Waals surface area contributed by atoms with Gasteiger partial charge in [-0.15, -0.1) is 10.1 Å². The highest BCUT2D eigenvalue weighted by atomic mass is 127. The van der Waals surface area contributed by atoms with Crippen LogP contribution in [0.15, 0.2) is 48.5 Å². The molecule has 1 N–H and O–H groups in total. The van der Waals surface area contributed by atoms with Crippen molar-refractivity contribution in [2.24, 2.45) is 0 Å². The lowest BCUT2D eigenvalue weighted by molar-refractivity contribution is -0.0920. The molecule has 196 valence electrons. The highest BCUT2D eigenvalue weighted by Crippen LogP contribution is 2.22. The SMILES string of the molecule is CCCCBr.CCCCON1C(=O)c2ccccc2C1=O.CCI.O=C1c2ccccc2C(=O)N1O. The van der Waals surface area contributed by atoms with Crippen LogP contribution in [0.4, 0.5) is 0 Å². The largest absolute Gasteiger partial charge is 0.285 e. The number of nitrogens with zero attached hydrogens (tertiary/aromatic N) is 2. The lowest BCUT2D eigenvalue weighted by atomic mass is 10.1. The molecule has 0 spiro atoms. The second kappa shape index (κ2) is 17.3. The van der Waals surface area contributed by atoms with Gasteiger partial charge in [-0.3, -0.25) is 29.2 Å². The van der Waals surface area contributed by atoms with Crippen LogP contribution in [0, 0.1) is 0 Å². The molecule has 4 amide bonds. The molecule has 0 unspecified atom stereocenters. The molecule has 2 aromatic carbocycles. The third kappa shape index (κ3) is 8.75. The standard InChI is InChI=1S/C12H13NO3.C8H5NO3.C4H9Br.C2H5I/c1-2-3-8-16-13-11(14)9-6-4-5-7-10(9)12(13)15;10-7-5-3-1-2-4-6(5)8(11)9(7)12;1-2-3-4-5;1-2-3/h4-7H,2-3,8H2,1H3;1-4,12H;2-4H2,1H3;2H2,1H3. The van der Waals surface area contributed by atoms with Crippen LogP contribution in [0.1, 0.15) is 87.9 Å². The van der Waals surface area contributed by atoms with E-state index in [1.165, 1.54) is 29.4 Å². The Morgan fingerprint density at radius 2 is 1.11 bits per heavy atom. The molecule has 2 heterocycles. The number of alkyl halides is 2. The first kappa shape index (κ1) is 31.9. The van der Waals surface area contributed by atoms with Crippen LogP contribution >= 0.6 is 38.5 Å². The van der Waals surface area contributed by atoms with Gasteiger partial charge in [-0.05, 0) is 41.5 Å². The van der Waals surface area contributed by atoms with Crippen molar-refractivity contribution in [1.29, 1.82) is 0 Å². The summed E-state index contributed by atoms with van der Waals surface area (Å²) in [5.41, 5.74) is 1.35. The predicted octanol–water partition coefficient (Wildman–Crippen LogP) is 6.31. The number of carbonyl (C=O) groups excluding carboxylic acids is 4. The molecule has 8 nitrogen and oxygen atoms in total. The summed E-state index contributed by atoms with van der Waals surface area (Å²) in [5.74, 6) is -2.04. The minimum absolute atomic E-state index is 0.130. The summed E-state index contributed by atoms with van der Waals surface area (Å²) in [4.78, 5) is 50.9. The summed E-state index contributed by atoms with van der Waals surface area (Å²) in [6.45, 7) is 6.70. The number of imide groups is 2. The summed E-state index contributed by atoms with van der Waals surface area (Å²) in [6.07, 6.45) is 4.39. The molecule has 4 rings (SSSR count). The smallest absolute Gasteiger partial charge is 0.278 e. The first-order chi connectivity index (χ1) is 17.3. The van der Waals surface area contributed by atoms with Gasteiger partial charge in [-0.1, -0.05) is 96.4 Å². The van der Waals surface area contributed by atoms with Gasteiger partial charge in [-0.2, -0.15) is 0 Å². The molecule has 2 aliphatic heterocycles. The average Bonchev–Trinajstić information content (AvgIpc) is 3.26. The number of halogens is 2. The third-order valence-electron chi connectivity index (χ3n) is 4.73. The van der Waals surface area contributed by atoms with Crippen LogP contribution in [-0.2, 0) is 4.84 Å². The lowest BCUT2D eigenvalue weighted by Crippen LogP contribution is -2.30. The number of unbranched alkanes of at least 4 members (excludes halogenated alkanes) is 2. The van der Waals surface area contributed by atoms with Crippen molar-refractivity contribution in [3.63, 3.8) is 0 Å². The van der Waals surface area contributed by atoms with Gasteiger partial charge in [0.15, 0.2) is 0 Å². The quantitative estimate of drug-likeness (QED) is 0.127. The Morgan fingerprint density at radius 1 is 0.750 bits per heavy atom. The first-order valence-electron chi connectivity index (χ1n) is 11.7. The zero-order valence-electron chi connectivity index (χ0n) is 20.7. The second-order valence-corrected chi connectivity index (χ2v) is 9.73. The number of hydrogen-bond acceptors (Lipinski definition) is 6. The number of hydrogen-bond donors (Lipinski definition) is 1. The fourth-order valence-electron chi connectivity index (χ4n) is 2.89. The molecule has 0 atom stereocenters. The fraction of sp³-hybridized carbons (Fsp3) is 0.385. The van der Waals surface area contributed by atoms with Crippen LogP contribution < -0.4 is 0 Å². The molecule has 0 aromatic heterocycles. The van der Waals surface area contributed by atoms with E-state index in [4.69, 9.17) is 10.0 Å². The summed E-state index contributed by atoms with van der Waals surface area (Å²) in [5, 5.41) is 11.1. The Morgan fingerprint density at radius 3 is 1.42 bits per heavy atom. The van der Waals surface area contributed by atoms with Crippen LogP contribution in [0.2, 0.25) is 0 Å². The Bertz CT molecular complexity index is 961. The van der Waals surface area contributed by atoms with Crippen molar-refractivity contribution in [3.05, 3.63) is 70.8 Å². The number of fused-ring (bicyclic) bond motifs is 2. The van der Waals surface area contributed by atoms with E-state index in [0.29, 0.717) is 17.7 Å². The van der Waals surface area contributed by atoms with Gasteiger partial charge in [-0.25, -0.2) is 0 Å². The van der Waals surface area contributed by atoms with Crippen molar-refractivity contribution in [2.75, 3.05) is 16.4 Å². The predicted molar refractivity (Wildman–Crippen MR) is 150 cm³/mol. The molecule has 0 saturated heterocycles. The second-order valence-electron chi connectivity index (χ2n) is 7.41. The maximum Gasteiger partial charge on any atom is 0.285 e. The van der Waals surface area contributed by atoms with Gasteiger partial charge in [0.2, 0.25) is 0 Å². The van der Waals surface area contributed by atoms with E-state index in [1.807, 2.05) is 6.92 Å². The van der Waals surface area contributed by atoms with E-state index in [-0.39, 0.29) is 28.0 Å². The average molecular weight is 675 g/mol. The number of amides is 4. The monoisotopic (exact) mass is 674 g/mol. The molecule has 0 bridgehead atoms. The van der Waals surface area contributed by atoms with E-state index in [2.05, 4.69) is 52.4 Å². The van der Waals surface area contributed by atoms with Crippen LogP contribution in [0.5, 0.6) is 0 Å². The van der Waals surface area contributed by atoms with E-state index < -0.39 is 11.8 Å². The molecule has 2 aromatic rings. The van der Waals surface area contributed by atoms with Crippen molar-refractivity contribution in [2.45, 2.75) is 46.5 Å². The highest BCUT2D eigenvalue weighted by Gasteiger charge is 2.36. The number of carbonyl (C=O) groups is 4. The van der Waals surface area contributed by atoms with Gasteiger partial charge >= 0.3 is 0 Å². The fourth-order valence-corrected chi connectivity index (χ4v) is 3.46. The van der Waals surface area contributed by atoms with E-state index in [1.54, 1.807) is 36.4 Å².